The van der Waals surface area contributed by atoms with Crippen LogP contribution in [0.5, 0.6) is 0 Å². The average Bonchev–Trinajstić information content (AvgIpc) is 3.07. The van der Waals surface area contributed by atoms with Gasteiger partial charge in [-0.1, -0.05) is 34.6 Å². The largest absolute Gasteiger partial charge is 0.393 e. The van der Waals surface area contributed by atoms with Crippen LogP contribution in [0, 0.1) is 45.3 Å². The zero-order chi connectivity index (χ0) is 25.1. The fraction of sp³-hybridized carbons (Fsp3) is 1.00. The van der Waals surface area contributed by atoms with Gasteiger partial charge in [-0.2, -0.15) is 0 Å². The van der Waals surface area contributed by atoms with Gasteiger partial charge in [0.15, 0.2) is 0 Å². The Hall–Kier alpha value is -0.160. The van der Waals surface area contributed by atoms with Gasteiger partial charge in [0.2, 0.25) is 0 Å². The van der Waals surface area contributed by atoms with E-state index in [0.717, 1.165) is 51.4 Å². The molecule has 1 saturated heterocycles. The number of hydrogen-bond acceptors (Lipinski definition) is 4. The van der Waals surface area contributed by atoms with Crippen molar-refractivity contribution in [2.75, 3.05) is 0 Å². The molecule has 0 spiro atoms. The fourth-order valence-corrected chi connectivity index (χ4v) is 11.5. The van der Waals surface area contributed by atoms with E-state index >= 15 is 0 Å². The van der Waals surface area contributed by atoms with E-state index in [9.17, 15) is 15.3 Å². The second-order valence-electron chi connectivity index (χ2n) is 15.5. The van der Waals surface area contributed by atoms with Crippen LogP contribution in [0.1, 0.15) is 113 Å². The molecule has 0 unspecified atom stereocenters. The summed E-state index contributed by atoms with van der Waals surface area (Å²) in [5.41, 5.74) is -0.739. The van der Waals surface area contributed by atoms with Crippen molar-refractivity contribution in [1.29, 1.82) is 0 Å². The van der Waals surface area contributed by atoms with Gasteiger partial charge in [0, 0.05) is 0 Å². The molecular weight excluding hydrogens is 424 g/mol. The second-order valence-corrected chi connectivity index (χ2v) is 15.5. The Kier molecular flexibility index (Phi) is 5.59. The van der Waals surface area contributed by atoms with Crippen molar-refractivity contribution in [3.63, 3.8) is 0 Å². The van der Waals surface area contributed by atoms with Crippen LogP contribution in [-0.2, 0) is 4.74 Å². The van der Waals surface area contributed by atoms with Gasteiger partial charge >= 0.3 is 0 Å². The molecule has 0 aromatic carbocycles. The van der Waals surface area contributed by atoms with Gasteiger partial charge in [-0.25, -0.2) is 0 Å². The number of fused-ring (bicyclic) bond motifs is 5. The summed E-state index contributed by atoms with van der Waals surface area (Å²) in [5, 5.41) is 34.6. The van der Waals surface area contributed by atoms with Crippen molar-refractivity contribution in [2.45, 2.75) is 143 Å². The molecule has 34 heavy (non-hydrogen) atoms. The molecular formula is C30H52O4. The van der Waals surface area contributed by atoms with Crippen LogP contribution in [-0.4, -0.2) is 44.8 Å². The van der Waals surface area contributed by atoms with Crippen LogP contribution in [0.25, 0.3) is 0 Å². The zero-order valence-electron chi connectivity index (χ0n) is 23.2. The summed E-state index contributed by atoms with van der Waals surface area (Å²) in [6.45, 7) is 18.4. The van der Waals surface area contributed by atoms with Gasteiger partial charge < -0.3 is 20.1 Å². The third-order valence-corrected chi connectivity index (χ3v) is 13.0. The molecule has 1 heterocycles. The van der Waals surface area contributed by atoms with Crippen molar-refractivity contribution >= 4 is 0 Å². The van der Waals surface area contributed by atoms with E-state index in [-0.39, 0.29) is 56.9 Å². The second kappa shape index (κ2) is 7.45. The summed E-state index contributed by atoms with van der Waals surface area (Å²) in [7, 11) is 0. The first-order valence-corrected chi connectivity index (χ1v) is 14.3. The molecule has 11 atom stereocenters. The Morgan fingerprint density at radius 2 is 1.41 bits per heavy atom. The highest BCUT2D eigenvalue weighted by atomic mass is 16.5. The molecule has 4 aliphatic carbocycles. The monoisotopic (exact) mass is 476 g/mol. The molecule has 0 amide bonds. The highest BCUT2D eigenvalue weighted by molar-refractivity contribution is 5.21. The van der Waals surface area contributed by atoms with E-state index in [4.69, 9.17) is 4.74 Å². The Morgan fingerprint density at radius 3 is 2.06 bits per heavy atom. The van der Waals surface area contributed by atoms with Crippen molar-refractivity contribution in [1.82, 2.24) is 0 Å². The van der Waals surface area contributed by atoms with Gasteiger partial charge in [0.1, 0.15) is 0 Å². The number of rotatable bonds is 1. The summed E-state index contributed by atoms with van der Waals surface area (Å²) in [4.78, 5) is 0. The summed E-state index contributed by atoms with van der Waals surface area (Å²) in [6.07, 6.45) is 7.79. The summed E-state index contributed by atoms with van der Waals surface area (Å²) in [6, 6.07) is 0. The molecule has 4 saturated carbocycles. The highest BCUT2D eigenvalue weighted by Gasteiger charge is 2.73. The lowest BCUT2D eigenvalue weighted by atomic mass is 9.34. The standard InChI is InChI=1S/C30H52O4/c1-25(2)12-9-13-30(8,34-25)18-10-15-28(6)23(18)19(31)16-21-27(5)14-11-22(33)26(3,4)24(27)20(32)17-29(21,28)7/h18-24,31-33H,9-17H2,1-8H3/t18-,19-,20+,21-,22+,23+,24+,27+,28-,29-,30-/m1/s1. The minimum Gasteiger partial charge on any atom is -0.393 e. The van der Waals surface area contributed by atoms with Crippen LogP contribution in [0.2, 0.25) is 0 Å². The average molecular weight is 477 g/mol. The predicted octanol–water partition coefficient (Wildman–Crippen LogP) is 5.71. The SMILES string of the molecule is CC1(C)CCC[C@](C)([C@@H]2CC[C@]3(C)[C@@H]2[C@H](O)C[C@@H]2[C@]4(C)CC[C@H](O)C(C)(C)[C@@H]4[C@@H](O)C[C@]23C)O1. The number of ether oxygens (including phenoxy) is 1. The Bertz CT molecular complexity index is 823. The molecule has 0 aromatic rings. The quantitative estimate of drug-likeness (QED) is 0.453. The molecule has 1 aliphatic heterocycles. The molecule has 196 valence electrons. The van der Waals surface area contributed by atoms with Gasteiger partial charge in [0.25, 0.3) is 0 Å². The lowest BCUT2D eigenvalue weighted by Crippen LogP contribution is -2.70. The molecule has 5 aliphatic rings. The van der Waals surface area contributed by atoms with E-state index in [2.05, 4.69) is 55.4 Å². The molecule has 0 bridgehead atoms. The highest BCUT2D eigenvalue weighted by Crippen LogP contribution is 2.76. The lowest BCUT2D eigenvalue weighted by molar-refractivity contribution is -0.279. The van der Waals surface area contributed by atoms with Crippen LogP contribution in [0.4, 0.5) is 0 Å². The number of hydrogen-bond donors (Lipinski definition) is 3. The minimum atomic E-state index is -0.414. The van der Waals surface area contributed by atoms with Crippen LogP contribution in [0.15, 0.2) is 0 Å². The maximum Gasteiger partial charge on any atom is 0.0693 e. The number of aliphatic hydroxyl groups is 3. The van der Waals surface area contributed by atoms with Crippen LogP contribution < -0.4 is 0 Å². The molecule has 5 fully saturated rings. The van der Waals surface area contributed by atoms with Gasteiger partial charge in [-0.15, -0.1) is 0 Å². The van der Waals surface area contributed by atoms with E-state index in [0.29, 0.717) is 11.8 Å². The predicted molar refractivity (Wildman–Crippen MR) is 135 cm³/mol. The molecule has 0 radical (unpaired) electrons. The van der Waals surface area contributed by atoms with E-state index in [1.54, 1.807) is 0 Å². The first-order valence-electron chi connectivity index (χ1n) is 14.3. The van der Waals surface area contributed by atoms with E-state index in [1.165, 1.54) is 6.42 Å². The molecule has 4 heteroatoms. The Labute approximate surface area is 208 Å². The van der Waals surface area contributed by atoms with Crippen molar-refractivity contribution in [2.24, 2.45) is 45.3 Å². The molecule has 0 aromatic heterocycles. The van der Waals surface area contributed by atoms with Crippen molar-refractivity contribution in [3.8, 4) is 0 Å². The lowest BCUT2D eigenvalue weighted by Gasteiger charge is -2.71. The minimum absolute atomic E-state index is 0.0247. The summed E-state index contributed by atoms with van der Waals surface area (Å²) in [5.74, 6) is 0.984. The number of aliphatic hydroxyl groups excluding tert-OH is 3. The third kappa shape index (κ3) is 3.16. The van der Waals surface area contributed by atoms with Crippen LogP contribution in [0.3, 0.4) is 0 Å². The van der Waals surface area contributed by atoms with Crippen molar-refractivity contribution < 1.29 is 20.1 Å². The Balaban J connectivity index is 1.54. The van der Waals surface area contributed by atoms with E-state index in [1.807, 2.05) is 0 Å². The molecule has 3 N–H and O–H groups in total. The molecule has 5 rings (SSSR count). The fourth-order valence-electron chi connectivity index (χ4n) is 11.5. The van der Waals surface area contributed by atoms with Gasteiger partial charge in [0.05, 0.1) is 29.5 Å². The third-order valence-electron chi connectivity index (χ3n) is 13.0. The first kappa shape index (κ1) is 25.5. The maximum atomic E-state index is 11.9. The smallest absolute Gasteiger partial charge is 0.0693 e. The summed E-state index contributed by atoms with van der Waals surface area (Å²) < 4.78 is 6.83. The first-order chi connectivity index (χ1) is 15.5. The van der Waals surface area contributed by atoms with Crippen molar-refractivity contribution in [3.05, 3.63) is 0 Å². The van der Waals surface area contributed by atoms with Crippen LogP contribution >= 0.6 is 0 Å². The van der Waals surface area contributed by atoms with Gasteiger partial charge in [-0.05, 0) is 124 Å². The van der Waals surface area contributed by atoms with Gasteiger partial charge in [-0.3, -0.25) is 0 Å². The summed E-state index contributed by atoms with van der Waals surface area (Å²) >= 11 is 0. The Morgan fingerprint density at radius 1 is 0.735 bits per heavy atom. The topological polar surface area (TPSA) is 69.9 Å². The normalized spacial score (nSPS) is 58.5. The molecule has 4 nitrogen and oxygen atoms in total. The zero-order valence-corrected chi connectivity index (χ0v) is 23.2. The maximum absolute atomic E-state index is 11.9. The van der Waals surface area contributed by atoms with E-state index < -0.39 is 6.10 Å².